The van der Waals surface area contributed by atoms with E-state index in [-0.39, 0.29) is 17.0 Å². The Hall–Kier alpha value is -0.820. The van der Waals surface area contributed by atoms with Crippen LogP contribution in [0.3, 0.4) is 0 Å². The van der Waals surface area contributed by atoms with Gasteiger partial charge in [0.15, 0.2) is 6.07 Å². The summed E-state index contributed by atoms with van der Waals surface area (Å²) in [4.78, 5) is 2.76. The molecule has 0 bridgehead atoms. The van der Waals surface area contributed by atoms with Gasteiger partial charge in [0, 0.05) is 0 Å². The van der Waals surface area contributed by atoms with Crippen molar-refractivity contribution in [2.75, 3.05) is 0 Å². The summed E-state index contributed by atoms with van der Waals surface area (Å²) in [6, 6.07) is 1.98. The third kappa shape index (κ3) is 1.54. The summed E-state index contributed by atoms with van der Waals surface area (Å²) < 4.78 is 1.72. The van der Waals surface area contributed by atoms with E-state index in [1.54, 1.807) is 17.0 Å². The highest BCUT2D eigenvalue weighted by Gasteiger charge is 2.00. The number of hydrogen-bond acceptors (Lipinski definition) is 1. The van der Waals surface area contributed by atoms with Crippen LogP contribution >= 0.6 is 0 Å². The van der Waals surface area contributed by atoms with Gasteiger partial charge in [0.1, 0.15) is 12.4 Å². The van der Waals surface area contributed by atoms with Crippen LogP contribution in [-0.2, 0) is 7.05 Å². The molecule has 0 saturated heterocycles. The van der Waals surface area contributed by atoms with Crippen molar-refractivity contribution in [2.24, 2.45) is 7.05 Å². The summed E-state index contributed by atoms with van der Waals surface area (Å²) in [7, 11) is 1.81. The summed E-state index contributed by atoms with van der Waals surface area (Å²) >= 11 is 0. The molecule has 1 N–H and O–H groups in total. The van der Waals surface area contributed by atoms with E-state index in [1.807, 2.05) is 13.1 Å². The van der Waals surface area contributed by atoms with Crippen molar-refractivity contribution in [3.63, 3.8) is 0 Å². The van der Waals surface area contributed by atoms with E-state index in [1.165, 1.54) is 0 Å². The van der Waals surface area contributed by atoms with Crippen LogP contribution in [0.5, 0.6) is 0 Å². The van der Waals surface area contributed by atoms with Gasteiger partial charge in [0.05, 0.1) is 7.05 Å². The number of hydrogen-bond donors (Lipinski definition) is 1. The molecule has 0 aromatic carbocycles. The van der Waals surface area contributed by atoms with Gasteiger partial charge in [-0.1, -0.05) is 0 Å². The predicted molar refractivity (Wildman–Crippen MR) is 26.7 cm³/mol. The van der Waals surface area contributed by atoms with Crippen molar-refractivity contribution in [3.05, 3.63) is 18.2 Å². The molecule has 0 radical (unpaired) electrons. The Morgan fingerprint density at radius 2 is 2.44 bits per heavy atom. The topological polar surface area (TPSA) is 43.5 Å². The maximum atomic E-state index is 8.31. The van der Waals surface area contributed by atoms with Crippen molar-refractivity contribution in [1.82, 2.24) is 4.98 Å². The average molecular weight is 188 g/mol. The second-order valence-electron chi connectivity index (χ2n) is 1.53. The maximum Gasteiger partial charge on any atom is 0.359 e. The molecule has 1 heterocycles. The summed E-state index contributed by atoms with van der Waals surface area (Å²) in [6.07, 6.45) is 3.51. The van der Waals surface area contributed by atoms with Crippen LogP contribution in [0.4, 0.5) is 0 Å². The summed E-state index contributed by atoms with van der Waals surface area (Å²) in [5, 5.41) is 8.31. The fourth-order valence-electron chi connectivity index (χ4n) is 0.516. The summed E-state index contributed by atoms with van der Waals surface area (Å²) in [5.41, 5.74) is 0. The number of rotatable bonds is 0. The maximum absolute atomic E-state index is 8.31. The number of imidazole rings is 1. The molecule has 0 aliphatic carbocycles. The standard InChI is InChI=1S/C5H5N3.BrH/c1-8-3-2-7-5(8)4-6;/h2-3H,1H3;1H. The first-order chi connectivity index (χ1) is 3.84. The number of halogens is 1. The molecule has 0 aliphatic heterocycles. The van der Waals surface area contributed by atoms with Gasteiger partial charge >= 0.3 is 5.82 Å². The SMILES string of the molecule is C[n+]1cc[nH]c1C#N.[Br-]. The molecule has 3 nitrogen and oxygen atoms in total. The van der Waals surface area contributed by atoms with E-state index < -0.39 is 0 Å². The number of aromatic amines is 1. The fourth-order valence-corrected chi connectivity index (χ4v) is 0.516. The first-order valence-electron chi connectivity index (χ1n) is 2.27. The van der Waals surface area contributed by atoms with Crippen molar-refractivity contribution in [1.29, 1.82) is 5.26 Å². The zero-order valence-electron chi connectivity index (χ0n) is 4.93. The lowest BCUT2D eigenvalue weighted by molar-refractivity contribution is -0.672. The average Bonchev–Trinajstić information content (AvgIpc) is 2.14. The number of nitrogens with zero attached hydrogens (tertiary/aromatic N) is 2. The lowest BCUT2D eigenvalue weighted by atomic mass is 10.7. The van der Waals surface area contributed by atoms with E-state index >= 15 is 0 Å². The Bertz CT molecular complexity index is 222. The molecule has 0 unspecified atom stereocenters. The van der Waals surface area contributed by atoms with Gasteiger partial charge in [-0.2, -0.15) is 5.26 Å². The number of aromatic nitrogens is 2. The first kappa shape index (κ1) is 8.18. The Kier molecular flexibility index (Phi) is 2.96. The minimum Gasteiger partial charge on any atom is -1.00 e. The van der Waals surface area contributed by atoms with Gasteiger partial charge in [-0.05, 0) is 0 Å². The number of H-pyrrole nitrogens is 1. The molecule has 0 saturated carbocycles. The minimum absolute atomic E-state index is 0. The van der Waals surface area contributed by atoms with Crippen LogP contribution in [0.2, 0.25) is 0 Å². The molecule has 0 fully saturated rings. The van der Waals surface area contributed by atoms with Crippen molar-refractivity contribution in [3.8, 4) is 6.07 Å². The zero-order valence-corrected chi connectivity index (χ0v) is 6.51. The Morgan fingerprint density at radius 3 is 2.67 bits per heavy atom. The molecular formula is C5H6BrN3. The van der Waals surface area contributed by atoms with Crippen LogP contribution in [0.1, 0.15) is 5.82 Å². The monoisotopic (exact) mass is 187 g/mol. The van der Waals surface area contributed by atoms with E-state index in [9.17, 15) is 0 Å². The van der Waals surface area contributed by atoms with Gasteiger partial charge in [-0.15, -0.1) is 0 Å². The van der Waals surface area contributed by atoms with Crippen LogP contribution < -0.4 is 21.5 Å². The summed E-state index contributed by atoms with van der Waals surface area (Å²) in [5.74, 6) is 0.574. The zero-order chi connectivity index (χ0) is 5.98. The van der Waals surface area contributed by atoms with Crippen molar-refractivity contribution >= 4 is 0 Å². The molecule has 9 heavy (non-hydrogen) atoms. The van der Waals surface area contributed by atoms with Crippen molar-refractivity contribution in [2.45, 2.75) is 0 Å². The molecular weight excluding hydrogens is 182 g/mol. The highest BCUT2D eigenvalue weighted by Crippen LogP contribution is 1.76. The molecule has 0 atom stereocenters. The number of nitrogens with one attached hydrogen (secondary N) is 1. The Balaban J connectivity index is 0.000000640. The van der Waals surface area contributed by atoms with Crippen LogP contribution in [0.15, 0.2) is 12.4 Å². The van der Waals surface area contributed by atoms with Crippen LogP contribution in [0, 0.1) is 11.3 Å². The van der Waals surface area contributed by atoms with E-state index in [0.29, 0.717) is 5.82 Å². The highest BCUT2D eigenvalue weighted by atomic mass is 79.9. The molecule has 1 rings (SSSR count). The minimum atomic E-state index is 0. The number of aryl methyl sites for hydroxylation is 1. The molecule has 0 aliphatic rings. The second-order valence-corrected chi connectivity index (χ2v) is 1.53. The quantitative estimate of drug-likeness (QED) is 0.426. The summed E-state index contributed by atoms with van der Waals surface area (Å²) in [6.45, 7) is 0. The van der Waals surface area contributed by atoms with Crippen LogP contribution in [-0.4, -0.2) is 4.98 Å². The Morgan fingerprint density at radius 1 is 1.78 bits per heavy atom. The van der Waals surface area contributed by atoms with Gasteiger partial charge < -0.3 is 17.0 Å². The fraction of sp³-hybridized carbons (Fsp3) is 0.200. The predicted octanol–water partition coefficient (Wildman–Crippen LogP) is -3.29. The lowest BCUT2D eigenvalue weighted by Gasteiger charge is -1.74. The van der Waals surface area contributed by atoms with Crippen molar-refractivity contribution < 1.29 is 21.5 Å². The van der Waals surface area contributed by atoms with E-state index in [0.717, 1.165) is 0 Å². The number of nitriles is 1. The van der Waals surface area contributed by atoms with Gasteiger partial charge in [-0.3, -0.25) is 0 Å². The van der Waals surface area contributed by atoms with E-state index in [2.05, 4.69) is 4.98 Å². The molecule has 0 amide bonds. The van der Waals surface area contributed by atoms with Gasteiger partial charge in [0.2, 0.25) is 0 Å². The molecule has 48 valence electrons. The smallest absolute Gasteiger partial charge is 0.359 e. The van der Waals surface area contributed by atoms with Gasteiger partial charge in [0.25, 0.3) is 0 Å². The first-order valence-corrected chi connectivity index (χ1v) is 2.27. The molecule has 1 aromatic rings. The normalized spacial score (nSPS) is 7.56. The Labute approximate surface area is 63.7 Å². The largest absolute Gasteiger partial charge is 1.00 e. The molecule has 0 spiro atoms. The third-order valence-corrected chi connectivity index (χ3v) is 0.977. The lowest BCUT2D eigenvalue weighted by Crippen LogP contribution is -3.00. The van der Waals surface area contributed by atoms with Crippen LogP contribution in [0.25, 0.3) is 0 Å². The molecule has 1 aromatic heterocycles. The van der Waals surface area contributed by atoms with Gasteiger partial charge in [-0.25, -0.2) is 9.55 Å². The second kappa shape index (κ2) is 3.25. The highest BCUT2D eigenvalue weighted by molar-refractivity contribution is 5.00. The third-order valence-electron chi connectivity index (χ3n) is 0.977. The molecule has 4 heteroatoms. The van der Waals surface area contributed by atoms with E-state index in [4.69, 9.17) is 5.26 Å².